The van der Waals surface area contributed by atoms with Crippen LogP contribution in [-0.2, 0) is 0 Å². The number of hydrogen-bond acceptors (Lipinski definition) is 4. The van der Waals surface area contributed by atoms with E-state index in [1.165, 1.54) is 24.3 Å². The van der Waals surface area contributed by atoms with E-state index in [4.69, 9.17) is 0 Å². The molecule has 0 bridgehead atoms. The molecule has 0 amide bonds. The molecule has 1 N–H and O–H groups in total. The number of Topliss-reactive ketones (excluding diaryl/α,β-unsaturated/α-hetero) is 1. The van der Waals surface area contributed by atoms with Crippen molar-refractivity contribution in [2.45, 2.75) is 13.3 Å². The number of anilines is 1. The van der Waals surface area contributed by atoms with E-state index >= 15 is 0 Å². The minimum atomic E-state index is -0.479. The Hall–Kier alpha value is -2.69. The molecular weight excluding hydrogens is 268 g/mol. The number of benzene rings is 2. The van der Waals surface area contributed by atoms with Crippen molar-refractivity contribution in [2.24, 2.45) is 0 Å². The van der Waals surface area contributed by atoms with Crippen LogP contribution in [0.1, 0.15) is 22.3 Å². The van der Waals surface area contributed by atoms with Crippen molar-refractivity contribution >= 4 is 17.2 Å². The first-order chi connectivity index (χ1) is 10.1. The SMILES string of the molecule is Cc1cccc(NCCC(=O)c2ccc([N+](=O)[O-])cc2)c1. The number of non-ortho nitro benzene ring substituents is 1. The van der Waals surface area contributed by atoms with Gasteiger partial charge in [0.15, 0.2) is 5.78 Å². The second-order valence-corrected chi connectivity index (χ2v) is 4.77. The summed E-state index contributed by atoms with van der Waals surface area (Å²) in [5.41, 5.74) is 2.62. The van der Waals surface area contributed by atoms with E-state index in [2.05, 4.69) is 5.32 Å². The normalized spacial score (nSPS) is 10.1. The molecule has 2 aromatic carbocycles. The van der Waals surface area contributed by atoms with Gasteiger partial charge in [0.25, 0.3) is 5.69 Å². The second-order valence-electron chi connectivity index (χ2n) is 4.77. The predicted octanol–water partition coefficient (Wildman–Crippen LogP) is 3.59. The Bertz CT molecular complexity index is 651. The molecule has 0 atom stereocenters. The van der Waals surface area contributed by atoms with E-state index < -0.39 is 4.92 Å². The molecule has 0 unspecified atom stereocenters. The third kappa shape index (κ3) is 4.14. The van der Waals surface area contributed by atoms with Crippen LogP contribution in [0, 0.1) is 17.0 Å². The molecule has 0 radical (unpaired) electrons. The van der Waals surface area contributed by atoms with Crippen molar-refractivity contribution in [3.63, 3.8) is 0 Å². The van der Waals surface area contributed by atoms with Crippen LogP contribution >= 0.6 is 0 Å². The highest BCUT2D eigenvalue weighted by Gasteiger charge is 2.09. The van der Waals surface area contributed by atoms with Gasteiger partial charge in [-0.25, -0.2) is 0 Å². The van der Waals surface area contributed by atoms with Gasteiger partial charge in [0.1, 0.15) is 0 Å². The number of carbonyl (C=O) groups excluding carboxylic acids is 1. The number of nitrogens with zero attached hydrogens (tertiary/aromatic N) is 1. The van der Waals surface area contributed by atoms with E-state index in [-0.39, 0.29) is 11.5 Å². The summed E-state index contributed by atoms with van der Waals surface area (Å²) >= 11 is 0. The zero-order valence-corrected chi connectivity index (χ0v) is 11.7. The van der Waals surface area contributed by atoms with Crippen molar-refractivity contribution in [3.8, 4) is 0 Å². The van der Waals surface area contributed by atoms with Crippen LogP contribution < -0.4 is 5.32 Å². The highest BCUT2D eigenvalue weighted by atomic mass is 16.6. The number of hydrogen-bond donors (Lipinski definition) is 1. The maximum atomic E-state index is 12.0. The predicted molar refractivity (Wildman–Crippen MR) is 81.7 cm³/mol. The van der Waals surface area contributed by atoms with Crippen LogP contribution in [0.2, 0.25) is 0 Å². The summed E-state index contributed by atoms with van der Waals surface area (Å²) in [6, 6.07) is 13.6. The molecule has 21 heavy (non-hydrogen) atoms. The van der Waals surface area contributed by atoms with Gasteiger partial charge in [0.2, 0.25) is 0 Å². The smallest absolute Gasteiger partial charge is 0.269 e. The average molecular weight is 284 g/mol. The minimum absolute atomic E-state index is 0.00978. The standard InChI is InChI=1S/C16H16N2O3/c1-12-3-2-4-14(11-12)17-10-9-16(19)13-5-7-15(8-6-13)18(20)21/h2-8,11,17H,9-10H2,1H3. The summed E-state index contributed by atoms with van der Waals surface area (Å²) in [4.78, 5) is 22.0. The van der Waals surface area contributed by atoms with Gasteiger partial charge in [0.05, 0.1) is 4.92 Å². The molecular formula is C16H16N2O3. The molecule has 0 fully saturated rings. The number of nitro benzene ring substituents is 1. The molecule has 0 saturated carbocycles. The van der Waals surface area contributed by atoms with Crippen molar-refractivity contribution in [2.75, 3.05) is 11.9 Å². The number of rotatable bonds is 6. The zero-order chi connectivity index (χ0) is 15.2. The van der Waals surface area contributed by atoms with Gasteiger partial charge >= 0.3 is 0 Å². The Balaban J connectivity index is 1.88. The third-order valence-electron chi connectivity index (χ3n) is 3.10. The summed E-state index contributed by atoms with van der Waals surface area (Å²) in [7, 11) is 0. The lowest BCUT2D eigenvalue weighted by Crippen LogP contribution is -2.09. The highest BCUT2D eigenvalue weighted by molar-refractivity contribution is 5.96. The van der Waals surface area contributed by atoms with Crippen molar-refractivity contribution in [1.82, 2.24) is 0 Å². The van der Waals surface area contributed by atoms with Gasteiger partial charge in [-0.05, 0) is 36.8 Å². The van der Waals surface area contributed by atoms with Crippen LogP contribution in [0.5, 0.6) is 0 Å². The Kier molecular flexibility index (Phi) is 4.66. The molecule has 0 spiro atoms. The van der Waals surface area contributed by atoms with Crippen molar-refractivity contribution in [3.05, 3.63) is 69.8 Å². The molecule has 2 aromatic rings. The Morgan fingerprint density at radius 2 is 1.90 bits per heavy atom. The maximum absolute atomic E-state index is 12.0. The summed E-state index contributed by atoms with van der Waals surface area (Å²) in [5, 5.41) is 13.7. The van der Waals surface area contributed by atoms with Crippen LogP contribution in [-0.4, -0.2) is 17.3 Å². The van der Waals surface area contributed by atoms with Crippen molar-refractivity contribution in [1.29, 1.82) is 0 Å². The van der Waals surface area contributed by atoms with Crippen LogP contribution in [0.3, 0.4) is 0 Å². The van der Waals surface area contributed by atoms with Gasteiger partial charge in [-0.3, -0.25) is 14.9 Å². The van der Waals surface area contributed by atoms with E-state index in [0.29, 0.717) is 18.5 Å². The van der Waals surface area contributed by atoms with Crippen LogP contribution in [0.25, 0.3) is 0 Å². The molecule has 0 aliphatic heterocycles. The summed E-state index contributed by atoms with van der Waals surface area (Å²) in [6.45, 7) is 2.53. The topological polar surface area (TPSA) is 72.2 Å². The summed E-state index contributed by atoms with van der Waals surface area (Å²) in [6.07, 6.45) is 0.339. The van der Waals surface area contributed by atoms with Crippen molar-refractivity contribution < 1.29 is 9.72 Å². The fourth-order valence-electron chi connectivity index (χ4n) is 1.99. The maximum Gasteiger partial charge on any atom is 0.269 e. The molecule has 0 aliphatic rings. The fraction of sp³-hybridized carbons (Fsp3) is 0.188. The van der Waals surface area contributed by atoms with Gasteiger partial charge < -0.3 is 5.32 Å². The first kappa shape index (κ1) is 14.7. The highest BCUT2D eigenvalue weighted by Crippen LogP contribution is 2.14. The first-order valence-corrected chi connectivity index (χ1v) is 6.64. The Morgan fingerprint density at radius 3 is 2.52 bits per heavy atom. The summed E-state index contributed by atoms with van der Waals surface area (Å²) in [5.74, 6) is -0.0370. The van der Waals surface area contributed by atoms with E-state index in [9.17, 15) is 14.9 Å². The molecule has 0 aromatic heterocycles. The zero-order valence-electron chi connectivity index (χ0n) is 11.7. The quantitative estimate of drug-likeness (QED) is 0.500. The largest absolute Gasteiger partial charge is 0.385 e. The molecule has 0 aliphatic carbocycles. The van der Waals surface area contributed by atoms with Gasteiger partial charge in [-0.15, -0.1) is 0 Å². The Labute approximate surface area is 122 Å². The van der Waals surface area contributed by atoms with Gasteiger partial charge in [-0.1, -0.05) is 12.1 Å². The van der Waals surface area contributed by atoms with E-state index in [0.717, 1.165) is 11.3 Å². The van der Waals surface area contributed by atoms with Crippen LogP contribution in [0.15, 0.2) is 48.5 Å². The van der Waals surface area contributed by atoms with E-state index in [1.54, 1.807) is 0 Å². The number of nitro groups is 1. The molecule has 5 nitrogen and oxygen atoms in total. The first-order valence-electron chi connectivity index (χ1n) is 6.64. The van der Waals surface area contributed by atoms with E-state index in [1.807, 2.05) is 31.2 Å². The number of carbonyl (C=O) groups is 1. The Morgan fingerprint density at radius 1 is 1.19 bits per heavy atom. The number of ketones is 1. The fourth-order valence-corrected chi connectivity index (χ4v) is 1.99. The molecule has 5 heteroatoms. The lowest BCUT2D eigenvalue weighted by Gasteiger charge is -2.06. The number of aryl methyl sites for hydroxylation is 1. The molecule has 108 valence electrons. The molecule has 2 rings (SSSR count). The lowest BCUT2D eigenvalue weighted by molar-refractivity contribution is -0.384. The monoisotopic (exact) mass is 284 g/mol. The second kappa shape index (κ2) is 6.65. The van der Waals surface area contributed by atoms with Crippen LogP contribution in [0.4, 0.5) is 11.4 Å². The third-order valence-corrected chi connectivity index (χ3v) is 3.10. The molecule has 0 saturated heterocycles. The number of nitrogens with one attached hydrogen (secondary N) is 1. The van der Waals surface area contributed by atoms with Gasteiger partial charge in [0, 0.05) is 36.3 Å². The summed E-state index contributed by atoms with van der Waals surface area (Å²) < 4.78 is 0. The lowest BCUT2D eigenvalue weighted by atomic mass is 10.1. The minimum Gasteiger partial charge on any atom is -0.385 e. The average Bonchev–Trinajstić information content (AvgIpc) is 2.47. The molecule has 0 heterocycles. The van der Waals surface area contributed by atoms with Gasteiger partial charge in [-0.2, -0.15) is 0 Å².